The molecule has 0 spiro atoms. The topological polar surface area (TPSA) is 207 Å². The molecule has 0 aliphatic rings. The number of nitrogens with zero attached hydrogens (tertiary/aromatic N) is 6. The van der Waals surface area contributed by atoms with Gasteiger partial charge in [0.05, 0.1) is 0 Å². The third kappa shape index (κ3) is 10.9. The fourth-order valence-corrected chi connectivity index (χ4v) is 5.00. The third-order valence-corrected chi connectivity index (χ3v) is 7.40. The van der Waals surface area contributed by atoms with Crippen molar-refractivity contribution in [1.29, 1.82) is 0 Å². The van der Waals surface area contributed by atoms with Crippen molar-refractivity contribution in [3.8, 4) is 0 Å². The van der Waals surface area contributed by atoms with Gasteiger partial charge >= 0.3 is 106 Å². The molecule has 0 saturated carbocycles. The van der Waals surface area contributed by atoms with Gasteiger partial charge in [-0.15, -0.1) is 19.6 Å². The van der Waals surface area contributed by atoms with E-state index in [9.17, 15) is 28.8 Å². The minimum absolute atomic E-state index is 0. The van der Waals surface area contributed by atoms with E-state index in [0.717, 1.165) is 13.7 Å². The van der Waals surface area contributed by atoms with Crippen molar-refractivity contribution < 1.29 is 88.7 Å². The Hall–Kier alpha value is -0.430. The van der Waals surface area contributed by atoms with Crippen molar-refractivity contribution in [3.63, 3.8) is 0 Å². The van der Waals surface area contributed by atoms with Crippen molar-refractivity contribution in [2.75, 3.05) is 19.6 Å². The van der Waals surface area contributed by atoms with E-state index in [0.29, 0.717) is 0 Å². The summed E-state index contributed by atoms with van der Waals surface area (Å²) in [6.07, 6.45) is 3.69. The molecule has 0 amide bonds. The molecule has 0 aliphatic heterocycles. The number of H-pyrrole nitrogens is 3. The number of nitrogens with one attached hydrogen (secondary N) is 3. The predicted molar refractivity (Wildman–Crippen MR) is 133 cm³/mol. The van der Waals surface area contributed by atoms with E-state index in [2.05, 4.69) is 30.2 Å². The summed E-state index contributed by atoms with van der Waals surface area (Å²) in [6.45, 7) is -3.60. The molecule has 20 heteroatoms. The van der Waals surface area contributed by atoms with Gasteiger partial charge in [-0.2, -0.15) is 11.8 Å². The van der Waals surface area contributed by atoms with Gasteiger partial charge in [0.15, 0.2) is 0 Å². The number of aromatic amines is 3. The first-order chi connectivity index (χ1) is 16.7. The maximum Gasteiger partial charge on any atom is 1.00 e. The van der Waals surface area contributed by atoms with E-state index in [1.807, 2.05) is 0 Å². The number of hydrogen-bond donors (Lipinski definition) is 3. The van der Waals surface area contributed by atoms with Crippen LogP contribution in [0.25, 0.3) is 15.3 Å². The first-order valence-electron chi connectivity index (χ1n) is 10.2. The Labute approximate surface area is 286 Å². The first-order valence-corrected chi connectivity index (χ1v) is 12.9. The van der Waals surface area contributed by atoms with Gasteiger partial charge in [0.1, 0.15) is 0 Å². The maximum absolute atomic E-state index is 11.9. The second-order valence-corrected chi connectivity index (χ2v) is 10.3. The Bertz CT molecular complexity index is 1310. The molecular formula is C18H21N9Na3O6PS. The molecule has 0 fully saturated rings. The Balaban J connectivity index is 0.00000456. The van der Waals surface area contributed by atoms with Gasteiger partial charge in [-0.1, -0.05) is 0 Å². The summed E-state index contributed by atoms with van der Waals surface area (Å²) in [5.41, 5.74) is -3.38. The maximum atomic E-state index is 11.9. The normalized spacial score (nSPS) is 10.6. The summed E-state index contributed by atoms with van der Waals surface area (Å²) < 4.78 is 2.82. The molecule has 3 aromatic heterocycles. The van der Waals surface area contributed by atoms with E-state index < -0.39 is 40.2 Å². The predicted octanol–water partition coefficient (Wildman–Crippen LogP) is -10.0. The van der Waals surface area contributed by atoms with Crippen molar-refractivity contribution in [3.05, 3.63) is 115 Å². The van der Waals surface area contributed by atoms with E-state index >= 15 is 0 Å². The van der Waals surface area contributed by atoms with Crippen LogP contribution in [0.4, 0.5) is 0 Å². The van der Waals surface area contributed by atoms with E-state index in [1.165, 1.54) is 36.8 Å². The van der Waals surface area contributed by atoms with Crippen molar-refractivity contribution in [2.24, 2.45) is 0 Å². The van der Waals surface area contributed by atoms with Crippen LogP contribution in [0, 0.1) is 0 Å². The van der Waals surface area contributed by atoms with Gasteiger partial charge in [-0.3, -0.25) is 28.1 Å². The second kappa shape index (κ2) is 18.1. The Morgan fingerprint density at radius 1 is 0.579 bits per heavy atom. The summed E-state index contributed by atoms with van der Waals surface area (Å²) >= 11 is 5.54. The van der Waals surface area contributed by atoms with E-state index in [-0.39, 0.29) is 128 Å². The van der Waals surface area contributed by atoms with Crippen LogP contribution in [0.1, 0.15) is 0 Å². The minimum Gasteiger partial charge on any atom is -0.658 e. The van der Waals surface area contributed by atoms with Crippen LogP contribution in [0.2, 0.25) is 0 Å². The molecule has 3 N–H and O–H groups in total. The van der Waals surface area contributed by atoms with Crippen LogP contribution in [-0.2, 0) is 31.4 Å². The molecule has 188 valence electrons. The van der Waals surface area contributed by atoms with E-state index in [4.69, 9.17) is 11.8 Å². The summed E-state index contributed by atoms with van der Waals surface area (Å²) in [5.74, 6) is 0. The summed E-state index contributed by atoms with van der Waals surface area (Å²) in [5, 5.41) is 13.0. The summed E-state index contributed by atoms with van der Waals surface area (Å²) in [7, 11) is 0. The summed E-state index contributed by atoms with van der Waals surface area (Å²) in [4.78, 5) is 78.4. The standard InChI is InChI=1S/C18H24N9O6PS.3Na/c28-13-1-4-19-16(31)25(13)10-7-22-34(35,23-8-11-26-14(29)2-5-20-17(26)32)24-9-12-27-15(30)3-6-21-18(27)33;;;/h1-6H,7-12H2,(H6,19,20,21,22,23,24,28,29,30,31,32,33,35);;;/q;3*+1/p-3. The molecule has 0 aliphatic carbocycles. The third-order valence-electron chi connectivity index (χ3n) is 4.66. The largest absolute Gasteiger partial charge is 1.00 e. The smallest absolute Gasteiger partial charge is 0.658 e. The molecule has 0 bridgehead atoms. The number of hydrogen-bond acceptors (Lipinski definition) is 7. The van der Waals surface area contributed by atoms with Gasteiger partial charge in [-0.25, -0.2) is 14.4 Å². The van der Waals surface area contributed by atoms with Crippen LogP contribution < -0.4 is 122 Å². The van der Waals surface area contributed by atoms with Gasteiger partial charge < -0.3 is 36.7 Å². The van der Waals surface area contributed by atoms with Gasteiger partial charge in [0.25, 0.3) is 16.7 Å². The van der Waals surface area contributed by atoms with E-state index in [1.54, 1.807) is 0 Å². The zero-order valence-corrected chi connectivity index (χ0v) is 28.9. The summed E-state index contributed by atoms with van der Waals surface area (Å²) in [6, 6.07) is 3.57. The minimum atomic E-state index is -3.20. The number of rotatable bonds is 12. The molecule has 3 rings (SSSR count). The molecule has 0 atom stereocenters. The fraction of sp³-hybridized carbons (Fsp3) is 0.333. The van der Waals surface area contributed by atoms with Crippen molar-refractivity contribution in [1.82, 2.24) is 28.7 Å². The molecule has 0 saturated heterocycles. The van der Waals surface area contributed by atoms with Crippen LogP contribution in [0.15, 0.2) is 65.6 Å². The Morgan fingerprint density at radius 3 is 1.08 bits per heavy atom. The molecule has 0 unspecified atom stereocenters. The van der Waals surface area contributed by atoms with Crippen LogP contribution >= 0.6 is 6.49 Å². The fourth-order valence-electron chi connectivity index (χ4n) is 2.95. The Kier molecular flexibility index (Phi) is 17.9. The average molecular weight is 591 g/mol. The SMILES string of the molecule is O=c1cc[nH]c(=O)n1CC[N-]P(=S)([N-]CCn1c(=O)cc[nH]c1=O)[N-]CCn1c(=O)cc[nH]c1=O.[Na+].[Na+].[Na+]. The van der Waals surface area contributed by atoms with Crippen LogP contribution in [0.5, 0.6) is 0 Å². The van der Waals surface area contributed by atoms with Gasteiger partial charge in [-0.05, 0) is 0 Å². The molecule has 3 heterocycles. The van der Waals surface area contributed by atoms with Gasteiger partial charge in [0.2, 0.25) is 0 Å². The number of aromatic nitrogens is 6. The first kappa shape index (κ1) is 37.6. The quantitative estimate of drug-likeness (QED) is 0.137. The molecule has 38 heavy (non-hydrogen) atoms. The van der Waals surface area contributed by atoms with Crippen molar-refractivity contribution >= 4 is 18.3 Å². The molecule has 3 aromatic rings. The Morgan fingerprint density at radius 2 is 0.842 bits per heavy atom. The van der Waals surface area contributed by atoms with Gasteiger partial charge in [0, 0.05) is 56.4 Å². The van der Waals surface area contributed by atoms with Crippen LogP contribution in [0.3, 0.4) is 0 Å². The molecular weight excluding hydrogens is 570 g/mol. The molecule has 0 aromatic carbocycles. The monoisotopic (exact) mass is 591 g/mol. The molecule has 15 nitrogen and oxygen atoms in total. The van der Waals surface area contributed by atoms with Crippen LogP contribution in [-0.4, -0.2) is 48.3 Å². The zero-order chi connectivity index (χ0) is 25.4. The average Bonchev–Trinajstić information content (AvgIpc) is 2.80. The van der Waals surface area contributed by atoms with Crippen molar-refractivity contribution in [2.45, 2.75) is 19.6 Å². The zero-order valence-electron chi connectivity index (χ0n) is 21.2. The molecule has 0 radical (unpaired) electrons. The second-order valence-electron chi connectivity index (χ2n) is 6.93.